The highest BCUT2D eigenvalue weighted by Gasteiger charge is 2.48. The molecule has 1 saturated carbocycles. The summed E-state index contributed by atoms with van der Waals surface area (Å²) in [5.41, 5.74) is 6.43. The number of carbonyl (C=O) groups is 2. The first-order chi connectivity index (χ1) is 15.3. The zero-order valence-corrected chi connectivity index (χ0v) is 17.4. The smallest absolute Gasteiger partial charge is 0.410 e. The summed E-state index contributed by atoms with van der Waals surface area (Å²) >= 11 is 0. The van der Waals surface area contributed by atoms with Gasteiger partial charge in [-0.3, -0.25) is 9.36 Å². The van der Waals surface area contributed by atoms with Gasteiger partial charge in [-0.1, -0.05) is 5.92 Å². The van der Waals surface area contributed by atoms with Gasteiger partial charge in [0.2, 0.25) is 5.82 Å². The van der Waals surface area contributed by atoms with E-state index in [0.717, 1.165) is 12.8 Å². The van der Waals surface area contributed by atoms with Gasteiger partial charge in [0.15, 0.2) is 23.8 Å². The maximum Gasteiger partial charge on any atom is 0.410 e. The summed E-state index contributed by atoms with van der Waals surface area (Å²) in [4.78, 5) is 37.6. The van der Waals surface area contributed by atoms with Crippen molar-refractivity contribution in [3.8, 4) is 11.8 Å². The van der Waals surface area contributed by atoms with Crippen LogP contribution in [0.4, 0.5) is 10.6 Å². The number of anilines is 1. The first kappa shape index (κ1) is 21.8. The SMILES string of the molecule is COC(=O)N(C)CC#Cc1nc(N)c2ncn([C@@H]3O[C@H](C(=O)NC4CC4)C(O)[C@@H]3O)c2n1. The van der Waals surface area contributed by atoms with Gasteiger partial charge in [-0.2, -0.15) is 0 Å². The fraction of sp³-hybridized carbons (Fsp3) is 0.526. The van der Waals surface area contributed by atoms with Gasteiger partial charge in [-0.25, -0.2) is 19.7 Å². The Morgan fingerprint density at radius 1 is 1.38 bits per heavy atom. The number of nitrogens with two attached hydrogens (primary N) is 1. The van der Waals surface area contributed by atoms with E-state index in [2.05, 4.69) is 36.8 Å². The molecule has 1 saturated heterocycles. The van der Waals surface area contributed by atoms with Crippen LogP contribution in [0.25, 0.3) is 11.2 Å². The van der Waals surface area contributed by atoms with Crippen molar-refractivity contribution in [1.82, 2.24) is 29.7 Å². The predicted molar refractivity (Wildman–Crippen MR) is 109 cm³/mol. The average Bonchev–Trinajstić information content (AvgIpc) is 3.40. The van der Waals surface area contributed by atoms with Gasteiger partial charge in [0, 0.05) is 13.1 Å². The second kappa shape index (κ2) is 8.58. The molecule has 5 N–H and O–H groups in total. The Hall–Kier alpha value is -3.47. The zero-order valence-electron chi connectivity index (χ0n) is 17.4. The molecule has 2 amide bonds. The number of methoxy groups -OCH3 is 1. The summed E-state index contributed by atoms with van der Waals surface area (Å²) in [6.07, 6.45) is -2.64. The monoisotopic (exact) mass is 445 g/mol. The lowest BCUT2D eigenvalue weighted by molar-refractivity contribution is -0.137. The Morgan fingerprint density at radius 2 is 2.12 bits per heavy atom. The fourth-order valence-corrected chi connectivity index (χ4v) is 3.26. The van der Waals surface area contributed by atoms with E-state index in [1.807, 2.05) is 0 Å². The van der Waals surface area contributed by atoms with Crippen LogP contribution in [0.1, 0.15) is 24.9 Å². The molecular weight excluding hydrogens is 422 g/mol. The maximum atomic E-state index is 12.3. The summed E-state index contributed by atoms with van der Waals surface area (Å²) in [5.74, 6) is 5.08. The molecule has 0 spiro atoms. The van der Waals surface area contributed by atoms with Crippen molar-refractivity contribution >= 4 is 29.0 Å². The molecule has 2 aliphatic rings. The molecule has 4 atom stereocenters. The van der Waals surface area contributed by atoms with Gasteiger partial charge < -0.3 is 35.6 Å². The lowest BCUT2D eigenvalue weighted by Crippen LogP contribution is -2.43. The largest absolute Gasteiger partial charge is 0.453 e. The molecule has 32 heavy (non-hydrogen) atoms. The van der Waals surface area contributed by atoms with Crippen LogP contribution in [0.2, 0.25) is 0 Å². The van der Waals surface area contributed by atoms with Gasteiger partial charge in [-0.15, -0.1) is 0 Å². The Labute approximate surface area is 182 Å². The number of aromatic nitrogens is 4. The summed E-state index contributed by atoms with van der Waals surface area (Å²) in [6, 6.07) is 0.0791. The van der Waals surface area contributed by atoms with Crippen LogP contribution >= 0.6 is 0 Å². The quantitative estimate of drug-likeness (QED) is 0.399. The molecule has 0 bridgehead atoms. The molecule has 0 aromatic carbocycles. The van der Waals surface area contributed by atoms with E-state index >= 15 is 0 Å². The first-order valence-electron chi connectivity index (χ1n) is 9.90. The molecule has 3 heterocycles. The Morgan fingerprint density at radius 3 is 2.81 bits per heavy atom. The highest BCUT2D eigenvalue weighted by molar-refractivity contribution is 5.83. The van der Waals surface area contributed by atoms with E-state index in [0.29, 0.717) is 0 Å². The second-order valence-corrected chi connectivity index (χ2v) is 7.60. The molecule has 2 aromatic rings. The van der Waals surface area contributed by atoms with Gasteiger partial charge in [0.25, 0.3) is 5.91 Å². The number of imidazole rings is 1. The van der Waals surface area contributed by atoms with Gasteiger partial charge >= 0.3 is 6.09 Å². The average molecular weight is 445 g/mol. The van der Waals surface area contributed by atoms with Gasteiger partial charge in [0.1, 0.15) is 17.7 Å². The fourth-order valence-electron chi connectivity index (χ4n) is 3.26. The molecular formula is C19H23N7O6. The number of ether oxygens (including phenoxy) is 2. The van der Waals surface area contributed by atoms with Crippen LogP contribution in [0.15, 0.2) is 6.33 Å². The number of nitrogens with one attached hydrogen (secondary N) is 1. The molecule has 2 fully saturated rings. The lowest BCUT2D eigenvalue weighted by atomic mass is 10.1. The van der Waals surface area contributed by atoms with E-state index in [4.69, 9.17) is 10.5 Å². The Balaban J connectivity index is 1.58. The van der Waals surface area contributed by atoms with Crippen LogP contribution in [0, 0.1) is 11.8 Å². The molecule has 2 aromatic heterocycles. The van der Waals surface area contributed by atoms with E-state index in [1.165, 1.54) is 30.0 Å². The van der Waals surface area contributed by atoms with Crippen molar-refractivity contribution < 1.29 is 29.3 Å². The second-order valence-electron chi connectivity index (χ2n) is 7.60. The van der Waals surface area contributed by atoms with Crippen molar-refractivity contribution in [2.24, 2.45) is 0 Å². The Kier molecular flexibility index (Phi) is 5.83. The van der Waals surface area contributed by atoms with E-state index < -0.39 is 36.5 Å². The molecule has 4 rings (SSSR count). The van der Waals surface area contributed by atoms with E-state index in [1.54, 1.807) is 0 Å². The summed E-state index contributed by atoms with van der Waals surface area (Å²) in [7, 11) is 2.79. The number of carbonyl (C=O) groups excluding carboxylic acids is 2. The van der Waals surface area contributed by atoms with Crippen molar-refractivity contribution in [3.63, 3.8) is 0 Å². The molecule has 13 heteroatoms. The normalized spacial score (nSPS) is 24.6. The van der Waals surface area contributed by atoms with Crippen LogP contribution in [0.3, 0.4) is 0 Å². The zero-order chi connectivity index (χ0) is 23.0. The number of hydrogen-bond donors (Lipinski definition) is 4. The van der Waals surface area contributed by atoms with Crippen molar-refractivity contribution in [2.75, 3.05) is 26.4 Å². The maximum absolute atomic E-state index is 12.3. The summed E-state index contributed by atoms with van der Waals surface area (Å²) < 4.78 is 11.6. The van der Waals surface area contributed by atoms with E-state index in [-0.39, 0.29) is 35.4 Å². The molecule has 170 valence electrons. The topological polar surface area (TPSA) is 178 Å². The van der Waals surface area contributed by atoms with Crippen LogP contribution in [0.5, 0.6) is 0 Å². The lowest BCUT2D eigenvalue weighted by Gasteiger charge is -2.16. The summed E-state index contributed by atoms with van der Waals surface area (Å²) in [6.45, 7) is 0.0711. The van der Waals surface area contributed by atoms with Gasteiger partial charge in [-0.05, 0) is 18.8 Å². The number of hydrogen-bond acceptors (Lipinski definition) is 10. The van der Waals surface area contributed by atoms with Gasteiger partial charge in [0.05, 0.1) is 20.0 Å². The van der Waals surface area contributed by atoms with Crippen LogP contribution < -0.4 is 11.1 Å². The highest BCUT2D eigenvalue weighted by Crippen LogP contribution is 2.33. The number of nitrogen functional groups attached to an aromatic ring is 1. The first-order valence-corrected chi connectivity index (χ1v) is 9.90. The standard InChI is InChI=1S/C19H23N7O6/c1-25(19(30)31-2)7-3-4-10-23-15(20)11-16(24-10)26(8-21-11)18-13(28)12(27)14(32-18)17(29)22-9-5-6-9/h8-9,12-14,18,27-28H,5-7H2,1-2H3,(H,22,29)(H2,20,23,24)/t12?,13-,14-,18+/m0/s1. The highest BCUT2D eigenvalue weighted by atomic mass is 16.6. The molecule has 1 aliphatic carbocycles. The van der Waals surface area contributed by atoms with Crippen molar-refractivity contribution in [2.45, 2.75) is 43.4 Å². The molecule has 13 nitrogen and oxygen atoms in total. The minimum absolute atomic E-state index is 0.0513. The van der Waals surface area contributed by atoms with Crippen molar-refractivity contribution in [3.05, 3.63) is 12.2 Å². The van der Waals surface area contributed by atoms with Crippen molar-refractivity contribution in [1.29, 1.82) is 0 Å². The minimum atomic E-state index is -1.43. The van der Waals surface area contributed by atoms with Crippen LogP contribution in [-0.2, 0) is 14.3 Å². The summed E-state index contributed by atoms with van der Waals surface area (Å²) in [5, 5.41) is 23.6. The number of amides is 2. The third-order valence-corrected chi connectivity index (χ3v) is 5.15. The Bertz CT molecular complexity index is 1100. The molecule has 1 aliphatic heterocycles. The predicted octanol–water partition coefficient (Wildman–Crippen LogP) is -1.64. The number of fused-ring (bicyclic) bond motifs is 1. The number of nitrogens with zero attached hydrogens (tertiary/aromatic N) is 5. The van der Waals surface area contributed by atoms with E-state index in [9.17, 15) is 19.8 Å². The minimum Gasteiger partial charge on any atom is -0.453 e. The molecule has 0 radical (unpaired) electrons. The number of aliphatic hydroxyl groups is 2. The molecule has 1 unspecified atom stereocenters. The van der Waals surface area contributed by atoms with Crippen LogP contribution in [-0.4, -0.2) is 91.7 Å². The number of rotatable bonds is 4. The number of aliphatic hydroxyl groups excluding tert-OH is 2. The third-order valence-electron chi connectivity index (χ3n) is 5.15. The third kappa shape index (κ3) is 4.15.